The van der Waals surface area contributed by atoms with E-state index in [2.05, 4.69) is 42.7 Å². The minimum atomic E-state index is 0.112. The van der Waals surface area contributed by atoms with E-state index < -0.39 is 0 Å². The van der Waals surface area contributed by atoms with E-state index in [0.29, 0.717) is 5.75 Å². The average molecular weight is 345 g/mol. The van der Waals surface area contributed by atoms with E-state index >= 15 is 0 Å². The fourth-order valence-electron chi connectivity index (χ4n) is 4.15. The topological polar surface area (TPSA) is 26.7 Å². The number of aromatic hydroxyl groups is 1. The minimum absolute atomic E-state index is 0.112. The molecule has 3 heteroatoms. The van der Waals surface area contributed by atoms with Crippen molar-refractivity contribution in [2.24, 2.45) is 0 Å². The molecule has 0 atom stereocenters. The normalized spacial score (nSPS) is 20.8. The fraction of sp³-hybridized carbons (Fsp3) is 0.727. The lowest BCUT2D eigenvalue weighted by atomic mass is 9.84. The van der Waals surface area contributed by atoms with Crippen molar-refractivity contribution in [1.29, 1.82) is 0 Å². The first-order valence-electron chi connectivity index (χ1n) is 10.2. The number of piperidine rings is 2. The quantitative estimate of drug-likeness (QED) is 0.860. The number of hydrogen-bond acceptors (Lipinski definition) is 3. The van der Waals surface area contributed by atoms with Crippen LogP contribution >= 0.6 is 0 Å². The van der Waals surface area contributed by atoms with Crippen molar-refractivity contribution < 1.29 is 5.11 Å². The van der Waals surface area contributed by atoms with Gasteiger partial charge in [-0.05, 0) is 62.8 Å². The van der Waals surface area contributed by atoms with Gasteiger partial charge in [-0.2, -0.15) is 0 Å². The van der Waals surface area contributed by atoms with Crippen molar-refractivity contribution in [3.8, 4) is 5.75 Å². The maximum atomic E-state index is 11.0. The molecule has 1 aromatic rings. The maximum absolute atomic E-state index is 11.0. The van der Waals surface area contributed by atoms with Crippen molar-refractivity contribution in [2.45, 2.75) is 77.8 Å². The Labute approximate surface area is 154 Å². The van der Waals surface area contributed by atoms with Crippen LogP contribution in [0.15, 0.2) is 12.1 Å². The highest BCUT2D eigenvalue weighted by Crippen LogP contribution is 2.33. The standard InChI is InChI=1S/C22H36N2O/c1-22(2,3)20-14-18(16-23-10-6-4-7-11-23)21(25)19(15-20)17-24-12-8-5-9-13-24/h14-15,25H,4-13,16-17H2,1-3H3. The SMILES string of the molecule is CC(C)(C)c1cc(CN2CCCCC2)c(O)c(CN2CCCCC2)c1. The van der Waals surface area contributed by atoms with Crippen LogP contribution in [0.2, 0.25) is 0 Å². The summed E-state index contributed by atoms with van der Waals surface area (Å²) in [5.74, 6) is 0.546. The molecular weight excluding hydrogens is 308 g/mol. The minimum Gasteiger partial charge on any atom is -0.507 e. The Morgan fingerprint density at radius 1 is 0.760 bits per heavy atom. The van der Waals surface area contributed by atoms with Crippen molar-refractivity contribution in [3.05, 3.63) is 28.8 Å². The molecule has 2 heterocycles. The second-order valence-electron chi connectivity index (χ2n) is 9.07. The zero-order chi connectivity index (χ0) is 17.9. The maximum Gasteiger partial charge on any atom is 0.124 e. The van der Waals surface area contributed by atoms with Gasteiger partial charge in [-0.1, -0.05) is 45.7 Å². The van der Waals surface area contributed by atoms with Gasteiger partial charge < -0.3 is 5.11 Å². The van der Waals surface area contributed by atoms with Crippen molar-refractivity contribution in [1.82, 2.24) is 9.80 Å². The van der Waals surface area contributed by atoms with Crippen LogP contribution in [0.1, 0.15) is 76.0 Å². The van der Waals surface area contributed by atoms with Crippen LogP contribution in [0.4, 0.5) is 0 Å². The summed E-state index contributed by atoms with van der Waals surface area (Å²) in [6.07, 6.45) is 7.87. The zero-order valence-electron chi connectivity index (χ0n) is 16.5. The second-order valence-corrected chi connectivity index (χ2v) is 9.07. The monoisotopic (exact) mass is 344 g/mol. The molecule has 2 aliphatic heterocycles. The van der Waals surface area contributed by atoms with Gasteiger partial charge in [0, 0.05) is 24.2 Å². The number of hydrogen-bond donors (Lipinski definition) is 1. The van der Waals surface area contributed by atoms with Gasteiger partial charge in [0.25, 0.3) is 0 Å². The summed E-state index contributed by atoms with van der Waals surface area (Å²) in [6.45, 7) is 13.3. The van der Waals surface area contributed by atoms with Crippen molar-refractivity contribution >= 4 is 0 Å². The number of likely N-dealkylation sites (tertiary alicyclic amines) is 2. The highest BCUT2D eigenvalue weighted by Gasteiger charge is 2.22. The molecule has 0 aromatic heterocycles. The third-order valence-corrected chi connectivity index (χ3v) is 5.82. The summed E-state index contributed by atoms with van der Waals surface area (Å²) >= 11 is 0. The predicted octanol–water partition coefficient (Wildman–Crippen LogP) is 4.66. The summed E-state index contributed by atoms with van der Waals surface area (Å²) in [5, 5.41) is 11.0. The third-order valence-electron chi connectivity index (χ3n) is 5.82. The van der Waals surface area contributed by atoms with Gasteiger partial charge in [-0.25, -0.2) is 0 Å². The van der Waals surface area contributed by atoms with Gasteiger partial charge in [-0.15, -0.1) is 0 Å². The van der Waals surface area contributed by atoms with Crippen LogP contribution in [0.3, 0.4) is 0 Å². The van der Waals surface area contributed by atoms with Gasteiger partial charge in [0.15, 0.2) is 0 Å². The number of phenols is 1. The number of benzene rings is 1. The van der Waals surface area contributed by atoms with Crippen LogP contribution in [-0.2, 0) is 18.5 Å². The highest BCUT2D eigenvalue weighted by molar-refractivity contribution is 5.45. The first-order chi connectivity index (χ1) is 11.9. The smallest absolute Gasteiger partial charge is 0.124 e. The van der Waals surface area contributed by atoms with Gasteiger partial charge in [-0.3, -0.25) is 9.80 Å². The molecule has 0 unspecified atom stereocenters. The van der Waals surface area contributed by atoms with Crippen LogP contribution in [0, 0.1) is 0 Å². The lowest BCUT2D eigenvalue weighted by molar-refractivity contribution is 0.212. The molecule has 0 saturated carbocycles. The fourth-order valence-corrected chi connectivity index (χ4v) is 4.15. The third kappa shape index (κ3) is 4.98. The van der Waals surface area contributed by atoms with Gasteiger partial charge in [0.05, 0.1) is 0 Å². The molecule has 3 rings (SSSR count). The summed E-state index contributed by atoms with van der Waals surface area (Å²) in [4.78, 5) is 5.02. The molecule has 1 N–H and O–H groups in total. The molecule has 3 nitrogen and oxygen atoms in total. The molecule has 140 valence electrons. The first-order valence-corrected chi connectivity index (χ1v) is 10.2. The lowest BCUT2D eigenvalue weighted by Crippen LogP contribution is -2.30. The highest BCUT2D eigenvalue weighted by atomic mass is 16.3. The van der Waals surface area contributed by atoms with Gasteiger partial charge in [0.1, 0.15) is 5.75 Å². The van der Waals surface area contributed by atoms with Crippen molar-refractivity contribution in [2.75, 3.05) is 26.2 Å². The van der Waals surface area contributed by atoms with Gasteiger partial charge >= 0.3 is 0 Å². The molecule has 0 radical (unpaired) electrons. The molecular formula is C22H36N2O. The number of nitrogens with zero attached hydrogens (tertiary/aromatic N) is 2. The number of phenolic OH excluding ortho intramolecular Hbond substituents is 1. The molecule has 25 heavy (non-hydrogen) atoms. The Hall–Kier alpha value is -1.06. The summed E-state index contributed by atoms with van der Waals surface area (Å²) in [7, 11) is 0. The summed E-state index contributed by atoms with van der Waals surface area (Å²) in [6, 6.07) is 4.51. The Morgan fingerprint density at radius 3 is 1.52 bits per heavy atom. The Bertz CT molecular complexity index is 523. The molecule has 2 fully saturated rings. The van der Waals surface area contributed by atoms with E-state index in [1.807, 2.05) is 0 Å². The van der Waals surface area contributed by atoms with E-state index in [4.69, 9.17) is 0 Å². The van der Waals surface area contributed by atoms with E-state index in [1.54, 1.807) is 0 Å². The van der Waals surface area contributed by atoms with Gasteiger partial charge in [0.2, 0.25) is 0 Å². The van der Waals surface area contributed by atoms with Crippen molar-refractivity contribution in [3.63, 3.8) is 0 Å². The Kier molecular flexibility index (Phi) is 6.06. The van der Waals surface area contributed by atoms with E-state index in [-0.39, 0.29) is 5.41 Å². The van der Waals surface area contributed by atoms with E-state index in [1.165, 1.54) is 70.3 Å². The molecule has 0 spiro atoms. The molecule has 0 amide bonds. The van der Waals surface area contributed by atoms with Crippen LogP contribution < -0.4 is 0 Å². The van der Waals surface area contributed by atoms with Crippen LogP contribution in [-0.4, -0.2) is 41.1 Å². The Morgan fingerprint density at radius 2 is 1.16 bits per heavy atom. The number of rotatable bonds is 4. The molecule has 0 bridgehead atoms. The Balaban J connectivity index is 1.85. The van der Waals surface area contributed by atoms with Crippen LogP contribution in [0.5, 0.6) is 5.75 Å². The van der Waals surface area contributed by atoms with E-state index in [0.717, 1.165) is 24.2 Å². The van der Waals surface area contributed by atoms with E-state index in [9.17, 15) is 5.11 Å². The van der Waals surface area contributed by atoms with Crippen LogP contribution in [0.25, 0.3) is 0 Å². The summed E-state index contributed by atoms with van der Waals surface area (Å²) in [5.41, 5.74) is 3.72. The zero-order valence-corrected chi connectivity index (χ0v) is 16.5. The lowest BCUT2D eigenvalue weighted by Gasteiger charge is -2.30. The largest absolute Gasteiger partial charge is 0.507 e. The second kappa shape index (κ2) is 8.09. The average Bonchev–Trinajstić information content (AvgIpc) is 2.59. The molecule has 2 aliphatic rings. The molecule has 2 saturated heterocycles. The summed E-state index contributed by atoms with van der Waals surface area (Å²) < 4.78 is 0. The molecule has 1 aromatic carbocycles. The first kappa shape index (κ1) is 18.7. The molecule has 0 aliphatic carbocycles. The predicted molar refractivity (Wildman–Crippen MR) is 105 cm³/mol.